The van der Waals surface area contributed by atoms with Crippen molar-refractivity contribution in [3.8, 4) is 5.75 Å². The summed E-state index contributed by atoms with van der Waals surface area (Å²) in [6, 6.07) is 8.04. The molecule has 4 saturated heterocycles. The Morgan fingerprint density at radius 1 is 1.27 bits per heavy atom. The summed E-state index contributed by atoms with van der Waals surface area (Å²) in [6.07, 6.45) is 3.64. The van der Waals surface area contributed by atoms with E-state index in [-0.39, 0.29) is 23.6 Å². The molecule has 1 N–H and O–H groups in total. The van der Waals surface area contributed by atoms with Crippen molar-refractivity contribution in [2.24, 2.45) is 5.92 Å². The zero-order valence-electron chi connectivity index (χ0n) is 14.8. The first-order chi connectivity index (χ1) is 12.6. The molecule has 1 amide bonds. The van der Waals surface area contributed by atoms with Crippen LogP contribution < -0.4 is 0 Å². The fourth-order valence-electron chi connectivity index (χ4n) is 5.35. The van der Waals surface area contributed by atoms with Crippen LogP contribution in [0, 0.1) is 12.8 Å². The van der Waals surface area contributed by atoms with E-state index in [9.17, 15) is 9.90 Å². The van der Waals surface area contributed by atoms with Crippen LogP contribution in [0.4, 0.5) is 0 Å². The minimum absolute atomic E-state index is 0.0253. The maximum absolute atomic E-state index is 13.2. The van der Waals surface area contributed by atoms with E-state index in [1.165, 1.54) is 6.39 Å². The number of oxazole rings is 1. The summed E-state index contributed by atoms with van der Waals surface area (Å²) in [6.45, 7) is 4.66. The van der Waals surface area contributed by atoms with Crippen LogP contribution in [0.1, 0.15) is 40.6 Å². The monoisotopic (exact) mass is 353 g/mol. The summed E-state index contributed by atoms with van der Waals surface area (Å²) >= 11 is 0. The zero-order chi connectivity index (χ0) is 17.8. The zero-order valence-corrected chi connectivity index (χ0v) is 14.8. The Kier molecular flexibility index (Phi) is 3.57. The molecule has 6 nitrogen and oxygen atoms in total. The summed E-state index contributed by atoms with van der Waals surface area (Å²) in [5.74, 6) is 1.60. The fraction of sp³-hybridized carbons (Fsp3) is 0.500. The summed E-state index contributed by atoms with van der Waals surface area (Å²) in [5.41, 5.74) is 1.54. The van der Waals surface area contributed by atoms with E-state index < -0.39 is 0 Å². The number of phenols is 1. The highest BCUT2D eigenvalue weighted by molar-refractivity contribution is 5.93. The minimum Gasteiger partial charge on any atom is -0.508 e. The molecule has 136 valence electrons. The van der Waals surface area contributed by atoms with Crippen LogP contribution in [0.25, 0.3) is 0 Å². The molecule has 1 aromatic carbocycles. The van der Waals surface area contributed by atoms with Crippen LogP contribution in [-0.4, -0.2) is 57.5 Å². The van der Waals surface area contributed by atoms with Crippen molar-refractivity contribution in [2.75, 3.05) is 19.6 Å². The maximum atomic E-state index is 13.2. The SMILES string of the molecule is Cc1ocnc1C(=O)N1CC(c2cccc(O)c2)C2C1C1CCN2CC1. The summed E-state index contributed by atoms with van der Waals surface area (Å²) in [5, 5.41) is 9.95. The van der Waals surface area contributed by atoms with E-state index in [2.05, 4.69) is 16.0 Å². The number of aryl methyl sites for hydroxylation is 1. The number of benzene rings is 1. The predicted molar refractivity (Wildman–Crippen MR) is 95.0 cm³/mol. The number of piperidine rings is 3. The third-order valence-electron chi connectivity index (χ3n) is 6.50. The van der Waals surface area contributed by atoms with Crippen LogP contribution in [0.5, 0.6) is 5.75 Å². The first-order valence-corrected chi connectivity index (χ1v) is 9.37. The Balaban J connectivity index is 1.55. The molecule has 2 aromatic rings. The van der Waals surface area contributed by atoms with Gasteiger partial charge in [0.2, 0.25) is 0 Å². The largest absolute Gasteiger partial charge is 0.508 e. The second-order valence-electron chi connectivity index (χ2n) is 7.77. The lowest BCUT2D eigenvalue weighted by atomic mass is 9.75. The Morgan fingerprint density at radius 2 is 2.08 bits per heavy atom. The second-order valence-corrected chi connectivity index (χ2v) is 7.77. The molecule has 3 atom stereocenters. The molecule has 6 rings (SSSR count). The quantitative estimate of drug-likeness (QED) is 0.898. The van der Waals surface area contributed by atoms with Crippen molar-refractivity contribution in [1.82, 2.24) is 14.8 Å². The molecule has 0 radical (unpaired) electrons. The second kappa shape index (κ2) is 5.84. The van der Waals surface area contributed by atoms with E-state index >= 15 is 0 Å². The molecule has 3 unspecified atom stereocenters. The lowest BCUT2D eigenvalue weighted by Gasteiger charge is -2.51. The van der Waals surface area contributed by atoms with Gasteiger partial charge in [0.1, 0.15) is 11.5 Å². The molecule has 5 heterocycles. The van der Waals surface area contributed by atoms with Crippen molar-refractivity contribution < 1.29 is 14.3 Å². The van der Waals surface area contributed by atoms with Gasteiger partial charge in [-0.05, 0) is 56.5 Å². The number of nitrogens with zero attached hydrogens (tertiary/aromatic N) is 3. The number of hydrogen-bond donors (Lipinski definition) is 1. The number of carbonyl (C=O) groups is 1. The van der Waals surface area contributed by atoms with Crippen molar-refractivity contribution in [2.45, 2.75) is 37.8 Å². The van der Waals surface area contributed by atoms with Crippen LogP contribution in [0.2, 0.25) is 0 Å². The van der Waals surface area contributed by atoms with Gasteiger partial charge in [0, 0.05) is 18.5 Å². The van der Waals surface area contributed by atoms with Gasteiger partial charge in [0.25, 0.3) is 5.91 Å². The van der Waals surface area contributed by atoms with E-state index in [0.717, 1.165) is 31.5 Å². The average molecular weight is 353 g/mol. The van der Waals surface area contributed by atoms with Crippen molar-refractivity contribution in [3.05, 3.63) is 47.7 Å². The number of amides is 1. The lowest BCUT2D eigenvalue weighted by molar-refractivity contribution is -0.00362. The summed E-state index contributed by atoms with van der Waals surface area (Å²) in [7, 11) is 0. The Morgan fingerprint density at radius 3 is 2.77 bits per heavy atom. The number of fused-ring (bicyclic) bond motifs is 2. The van der Waals surface area contributed by atoms with Crippen molar-refractivity contribution >= 4 is 5.91 Å². The van der Waals surface area contributed by atoms with Crippen LogP contribution >= 0.6 is 0 Å². The predicted octanol–water partition coefficient (Wildman–Crippen LogP) is 2.39. The van der Waals surface area contributed by atoms with E-state index in [1.54, 1.807) is 13.0 Å². The van der Waals surface area contributed by atoms with Gasteiger partial charge in [-0.2, -0.15) is 0 Å². The lowest BCUT2D eigenvalue weighted by Crippen LogP contribution is -2.60. The highest BCUT2D eigenvalue weighted by Gasteiger charge is 2.55. The Hall–Kier alpha value is -2.34. The maximum Gasteiger partial charge on any atom is 0.276 e. The molecule has 0 saturated carbocycles. The van der Waals surface area contributed by atoms with Gasteiger partial charge in [-0.1, -0.05) is 12.1 Å². The van der Waals surface area contributed by atoms with Gasteiger partial charge >= 0.3 is 0 Å². The van der Waals surface area contributed by atoms with E-state index in [4.69, 9.17) is 4.42 Å². The van der Waals surface area contributed by atoms with Crippen LogP contribution in [0.15, 0.2) is 35.1 Å². The number of likely N-dealkylation sites (tertiary alicyclic amines) is 1. The molecule has 1 aromatic heterocycles. The number of aromatic nitrogens is 1. The molecule has 0 spiro atoms. The van der Waals surface area contributed by atoms with Gasteiger partial charge in [-0.15, -0.1) is 0 Å². The van der Waals surface area contributed by atoms with Gasteiger partial charge < -0.3 is 14.4 Å². The van der Waals surface area contributed by atoms with Gasteiger partial charge in [-0.3, -0.25) is 9.69 Å². The van der Waals surface area contributed by atoms with Crippen molar-refractivity contribution in [1.29, 1.82) is 0 Å². The third kappa shape index (κ3) is 2.28. The van der Waals surface area contributed by atoms with Gasteiger partial charge in [0.05, 0.1) is 6.04 Å². The Bertz CT molecular complexity index is 840. The van der Waals surface area contributed by atoms with Gasteiger partial charge in [0.15, 0.2) is 12.1 Å². The van der Waals surface area contributed by atoms with Crippen molar-refractivity contribution in [3.63, 3.8) is 0 Å². The number of carbonyl (C=O) groups excluding carboxylic acids is 1. The number of rotatable bonds is 2. The smallest absolute Gasteiger partial charge is 0.276 e. The molecule has 26 heavy (non-hydrogen) atoms. The molecule has 6 heteroatoms. The normalized spacial score (nSPS) is 32.7. The third-order valence-corrected chi connectivity index (χ3v) is 6.50. The van der Waals surface area contributed by atoms with Crippen LogP contribution in [-0.2, 0) is 0 Å². The molecule has 4 fully saturated rings. The summed E-state index contributed by atoms with van der Waals surface area (Å²) < 4.78 is 5.27. The van der Waals surface area contributed by atoms with E-state index in [0.29, 0.717) is 30.0 Å². The number of hydrogen-bond acceptors (Lipinski definition) is 5. The molecular weight excluding hydrogens is 330 g/mol. The molecule has 0 aliphatic carbocycles. The molecular formula is C20H23N3O3. The minimum atomic E-state index is -0.0253. The average Bonchev–Trinajstić information content (AvgIpc) is 3.27. The molecule has 2 bridgehead atoms. The number of aromatic hydroxyl groups is 1. The summed E-state index contributed by atoms with van der Waals surface area (Å²) in [4.78, 5) is 22.0. The standard InChI is InChI=1S/C20H23N3O3/c1-12-17(21-11-26-12)20(25)23-10-16(14-3-2-4-15(24)9-14)19-18(23)13-5-7-22(19)8-6-13/h2-4,9,11,13,16,18-19,24H,5-8,10H2,1H3. The molecule has 4 aliphatic heterocycles. The first-order valence-electron chi connectivity index (χ1n) is 9.37. The molecule has 4 aliphatic rings. The highest BCUT2D eigenvalue weighted by Crippen LogP contribution is 2.47. The topological polar surface area (TPSA) is 69.8 Å². The number of phenolic OH excluding ortho intramolecular Hbond substituents is 1. The van der Waals surface area contributed by atoms with E-state index in [1.807, 2.05) is 17.0 Å². The highest BCUT2D eigenvalue weighted by atomic mass is 16.3. The van der Waals surface area contributed by atoms with Crippen LogP contribution in [0.3, 0.4) is 0 Å². The Labute approximate surface area is 152 Å². The van der Waals surface area contributed by atoms with Gasteiger partial charge in [-0.25, -0.2) is 4.98 Å². The first kappa shape index (κ1) is 15.9. The fourth-order valence-corrected chi connectivity index (χ4v) is 5.35.